The zero-order valence-corrected chi connectivity index (χ0v) is 12.5. The number of para-hydroxylation sites is 1. The van der Waals surface area contributed by atoms with Crippen LogP contribution in [0.5, 0.6) is 5.75 Å². The summed E-state index contributed by atoms with van der Waals surface area (Å²) in [6.45, 7) is -0.126. The Morgan fingerprint density at radius 2 is 2.16 bits per heavy atom. The summed E-state index contributed by atoms with van der Waals surface area (Å²) in [5, 5.41) is 2.67. The number of hydrogen-bond acceptors (Lipinski definition) is 4. The van der Waals surface area contributed by atoms with Gasteiger partial charge in [-0.1, -0.05) is 12.1 Å². The van der Waals surface area contributed by atoms with Crippen molar-refractivity contribution >= 4 is 31.7 Å². The van der Waals surface area contributed by atoms with Crippen LogP contribution in [0.1, 0.15) is 6.42 Å². The van der Waals surface area contributed by atoms with Crippen molar-refractivity contribution in [3.63, 3.8) is 0 Å². The number of carbonyl (C=O) groups is 1. The van der Waals surface area contributed by atoms with Gasteiger partial charge in [0.05, 0.1) is 16.0 Å². The zero-order valence-electron chi connectivity index (χ0n) is 10.1. The lowest BCUT2D eigenvalue weighted by molar-refractivity contribution is -0.123. The van der Waals surface area contributed by atoms with E-state index in [0.29, 0.717) is 12.2 Å². The molecule has 1 heterocycles. The smallest absolute Gasteiger partial charge is 0.258 e. The van der Waals surface area contributed by atoms with Crippen molar-refractivity contribution in [1.29, 1.82) is 0 Å². The summed E-state index contributed by atoms with van der Waals surface area (Å²) < 4.78 is 28.6. The lowest BCUT2D eigenvalue weighted by Crippen LogP contribution is -2.38. The summed E-state index contributed by atoms with van der Waals surface area (Å²) in [4.78, 5) is 11.6. The number of halogens is 1. The van der Waals surface area contributed by atoms with Gasteiger partial charge in [0.1, 0.15) is 5.75 Å². The lowest BCUT2D eigenvalue weighted by atomic mass is 10.2. The molecule has 0 spiro atoms. The minimum atomic E-state index is -2.98. The Hall–Kier alpha value is -1.08. The van der Waals surface area contributed by atoms with E-state index >= 15 is 0 Å². The minimum absolute atomic E-state index is 0.0216. The van der Waals surface area contributed by atoms with Gasteiger partial charge in [-0.05, 0) is 34.5 Å². The predicted molar refractivity (Wildman–Crippen MR) is 74.8 cm³/mol. The summed E-state index contributed by atoms with van der Waals surface area (Å²) in [5.41, 5.74) is 0. The molecule has 1 unspecified atom stereocenters. The zero-order chi connectivity index (χ0) is 13.9. The Morgan fingerprint density at radius 3 is 2.79 bits per heavy atom. The number of carbonyl (C=O) groups excluding carboxylic acids is 1. The molecular formula is C12H14BrNO4S. The summed E-state index contributed by atoms with van der Waals surface area (Å²) in [6.07, 6.45) is 0.475. The molecule has 1 aliphatic heterocycles. The summed E-state index contributed by atoms with van der Waals surface area (Å²) in [7, 11) is -2.98. The van der Waals surface area contributed by atoms with Gasteiger partial charge in [0.15, 0.2) is 16.4 Å². The summed E-state index contributed by atoms with van der Waals surface area (Å²) in [6, 6.07) is 6.93. The minimum Gasteiger partial charge on any atom is -0.483 e. The van der Waals surface area contributed by atoms with Crippen LogP contribution in [-0.4, -0.2) is 38.5 Å². The first-order valence-corrected chi connectivity index (χ1v) is 8.45. The molecule has 0 saturated carbocycles. The highest BCUT2D eigenvalue weighted by molar-refractivity contribution is 9.10. The molecule has 7 heteroatoms. The maximum Gasteiger partial charge on any atom is 0.258 e. The number of ether oxygens (including phenoxy) is 1. The van der Waals surface area contributed by atoms with Gasteiger partial charge in [0.2, 0.25) is 0 Å². The van der Waals surface area contributed by atoms with E-state index in [0.717, 1.165) is 4.47 Å². The number of sulfone groups is 1. The molecule has 0 bridgehead atoms. The average molecular weight is 348 g/mol. The van der Waals surface area contributed by atoms with E-state index < -0.39 is 9.84 Å². The fourth-order valence-electron chi connectivity index (χ4n) is 1.88. The molecule has 0 radical (unpaired) electrons. The van der Waals surface area contributed by atoms with E-state index in [2.05, 4.69) is 21.2 Å². The van der Waals surface area contributed by atoms with Crippen molar-refractivity contribution in [2.75, 3.05) is 18.1 Å². The van der Waals surface area contributed by atoms with Crippen LogP contribution in [-0.2, 0) is 14.6 Å². The van der Waals surface area contributed by atoms with Crippen LogP contribution in [0, 0.1) is 0 Å². The number of nitrogens with one attached hydrogen (secondary N) is 1. The first-order chi connectivity index (χ1) is 8.96. The van der Waals surface area contributed by atoms with Crippen LogP contribution in [0.2, 0.25) is 0 Å². The third-order valence-corrected chi connectivity index (χ3v) is 5.22. The first-order valence-electron chi connectivity index (χ1n) is 5.83. The number of hydrogen-bond donors (Lipinski definition) is 1. The van der Waals surface area contributed by atoms with Crippen LogP contribution in [0.25, 0.3) is 0 Å². The molecule has 5 nitrogen and oxygen atoms in total. The van der Waals surface area contributed by atoms with E-state index in [-0.39, 0.29) is 30.1 Å². The third-order valence-electron chi connectivity index (χ3n) is 2.79. The highest BCUT2D eigenvalue weighted by atomic mass is 79.9. The molecule has 1 aromatic rings. The van der Waals surface area contributed by atoms with Gasteiger partial charge in [0, 0.05) is 6.04 Å². The second-order valence-corrected chi connectivity index (χ2v) is 7.47. The van der Waals surface area contributed by atoms with Crippen molar-refractivity contribution in [3.05, 3.63) is 28.7 Å². The normalized spacial score (nSPS) is 21.0. The molecular weight excluding hydrogens is 334 g/mol. The molecule has 1 amide bonds. The molecule has 19 heavy (non-hydrogen) atoms. The topological polar surface area (TPSA) is 72.5 Å². The molecule has 1 saturated heterocycles. The molecule has 1 fully saturated rings. The molecule has 1 atom stereocenters. The standard InChI is InChI=1S/C12H14BrNO4S/c13-10-3-1-2-4-11(10)18-7-12(15)14-9-5-6-19(16,17)8-9/h1-4,9H,5-8H2,(H,14,15). The molecule has 0 aromatic heterocycles. The second-order valence-electron chi connectivity index (χ2n) is 4.39. The van der Waals surface area contributed by atoms with Crippen LogP contribution < -0.4 is 10.1 Å². The summed E-state index contributed by atoms with van der Waals surface area (Å²) in [5.74, 6) is 0.436. The van der Waals surface area contributed by atoms with Crippen molar-refractivity contribution in [2.24, 2.45) is 0 Å². The van der Waals surface area contributed by atoms with Crippen LogP contribution >= 0.6 is 15.9 Å². The largest absolute Gasteiger partial charge is 0.483 e. The van der Waals surface area contributed by atoms with Gasteiger partial charge in [0.25, 0.3) is 5.91 Å². The Balaban J connectivity index is 1.81. The Bertz CT molecular complexity index is 573. The number of rotatable bonds is 4. The van der Waals surface area contributed by atoms with Crippen molar-refractivity contribution in [1.82, 2.24) is 5.32 Å². The van der Waals surface area contributed by atoms with Crippen molar-refractivity contribution in [3.8, 4) is 5.75 Å². The van der Waals surface area contributed by atoms with Gasteiger partial charge < -0.3 is 10.1 Å². The molecule has 1 aromatic carbocycles. The molecule has 1 aliphatic rings. The quantitative estimate of drug-likeness (QED) is 0.886. The van der Waals surface area contributed by atoms with Crippen molar-refractivity contribution in [2.45, 2.75) is 12.5 Å². The van der Waals surface area contributed by atoms with Crippen LogP contribution in [0.3, 0.4) is 0 Å². The fraction of sp³-hybridized carbons (Fsp3) is 0.417. The molecule has 104 valence electrons. The highest BCUT2D eigenvalue weighted by Crippen LogP contribution is 2.23. The fourth-order valence-corrected chi connectivity index (χ4v) is 3.96. The third kappa shape index (κ3) is 4.21. The Labute approximate surface area is 120 Å². The lowest BCUT2D eigenvalue weighted by Gasteiger charge is -2.12. The van der Waals surface area contributed by atoms with Crippen LogP contribution in [0.15, 0.2) is 28.7 Å². The van der Waals surface area contributed by atoms with E-state index in [4.69, 9.17) is 4.74 Å². The van der Waals surface area contributed by atoms with Gasteiger partial charge in [-0.3, -0.25) is 4.79 Å². The van der Waals surface area contributed by atoms with E-state index in [1.807, 2.05) is 18.2 Å². The van der Waals surface area contributed by atoms with Gasteiger partial charge in [-0.2, -0.15) is 0 Å². The van der Waals surface area contributed by atoms with E-state index in [1.165, 1.54) is 0 Å². The molecule has 2 rings (SSSR count). The number of amides is 1. The maximum absolute atomic E-state index is 11.6. The van der Waals surface area contributed by atoms with Gasteiger partial charge in [-0.15, -0.1) is 0 Å². The Kier molecular flexibility index (Phi) is 4.46. The molecule has 1 N–H and O–H groups in total. The Morgan fingerprint density at radius 1 is 1.42 bits per heavy atom. The maximum atomic E-state index is 11.6. The van der Waals surface area contributed by atoms with Gasteiger partial charge in [-0.25, -0.2) is 8.42 Å². The molecule has 0 aliphatic carbocycles. The second kappa shape index (κ2) is 5.92. The van der Waals surface area contributed by atoms with Gasteiger partial charge >= 0.3 is 0 Å². The van der Waals surface area contributed by atoms with Crippen LogP contribution in [0.4, 0.5) is 0 Å². The predicted octanol–water partition coefficient (Wildman–Crippen LogP) is 1.13. The van der Waals surface area contributed by atoms with Crippen molar-refractivity contribution < 1.29 is 17.9 Å². The average Bonchev–Trinajstić information content (AvgIpc) is 2.67. The summed E-state index contributed by atoms with van der Waals surface area (Å²) >= 11 is 3.31. The SMILES string of the molecule is O=C(COc1ccccc1Br)NC1CCS(=O)(=O)C1. The number of benzene rings is 1. The first kappa shape index (κ1) is 14.3. The monoisotopic (exact) mass is 347 g/mol. The van der Waals surface area contributed by atoms with E-state index in [1.54, 1.807) is 6.07 Å². The highest BCUT2D eigenvalue weighted by Gasteiger charge is 2.28. The van der Waals surface area contributed by atoms with E-state index in [9.17, 15) is 13.2 Å².